The van der Waals surface area contributed by atoms with E-state index in [0.29, 0.717) is 11.6 Å². The van der Waals surface area contributed by atoms with Gasteiger partial charge in [0.05, 0.1) is 13.2 Å². The first-order valence-electron chi connectivity index (χ1n) is 7.35. The average Bonchev–Trinajstić information content (AvgIpc) is 2.54. The molecule has 2 heterocycles. The summed E-state index contributed by atoms with van der Waals surface area (Å²) in [4.78, 5) is 2.81. The molecule has 0 aromatic heterocycles. The highest BCUT2D eigenvalue weighted by molar-refractivity contribution is 5.01. The van der Waals surface area contributed by atoms with Crippen molar-refractivity contribution in [3.63, 3.8) is 0 Å². The molecule has 1 saturated carbocycles. The SMILES string of the molecule is CC1CCC2(CC1)CNCCC1COCCN12. The molecule has 0 aromatic rings. The number of hydrogen-bond donors (Lipinski definition) is 1. The number of hydrogen-bond acceptors (Lipinski definition) is 3. The fraction of sp³-hybridized carbons (Fsp3) is 1.00. The van der Waals surface area contributed by atoms with Crippen LogP contribution in [0.15, 0.2) is 0 Å². The number of ether oxygens (including phenoxy) is 1. The molecule has 3 nitrogen and oxygen atoms in total. The lowest BCUT2D eigenvalue weighted by Gasteiger charge is -2.51. The van der Waals surface area contributed by atoms with Crippen LogP contribution in [0.5, 0.6) is 0 Å². The third kappa shape index (κ3) is 2.25. The van der Waals surface area contributed by atoms with Gasteiger partial charge in [0, 0.05) is 24.7 Å². The number of morpholine rings is 1. The van der Waals surface area contributed by atoms with Crippen LogP contribution in [0, 0.1) is 5.92 Å². The maximum absolute atomic E-state index is 5.68. The predicted octanol–water partition coefficient (Wildman–Crippen LogP) is 1.63. The number of fused-ring (bicyclic) bond motifs is 2. The minimum atomic E-state index is 0.456. The van der Waals surface area contributed by atoms with Gasteiger partial charge in [0.1, 0.15) is 0 Å². The van der Waals surface area contributed by atoms with Crippen LogP contribution in [0.25, 0.3) is 0 Å². The van der Waals surface area contributed by atoms with Crippen LogP contribution in [-0.2, 0) is 4.74 Å². The highest BCUT2D eigenvalue weighted by Gasteiger charge is 2.44. The molecule has 98 valence electrons. The first-order chi connectivity index (χ1) is 8.30. The monoisotopic (exact) mass is 238 g/mol. The lowest BCUT2D eigenvalue weighted by molar-refractivity contribution is -0.0739. The van der Waals surface area contributed by atoms with Gasteiger partial charge in [-0.15, -0.1) is 0 Å². The van der Waals surface area contributed by atoms with Crippen LogP contribution in [-0.4, -0.2) is 49.3 Å². The topological polar surface area (TPSA) is 24.5 Å². The van der Waals surface area contributed by atoms with E-state index in [4.69, 9.17) is 4.74 Å². The second-order valence-electron chi connectivity index (χ2n) is 6.29. The van der Waals surface area contributed by atoms with Gasteiger partial charge in [-0.25, -0.2) is 0 Å². The summed E-state index contributed by atoms with van der Waals surface area (Å²) in [6.07, 6.45) is 6.85. The molecule has 3 fully saturated rings. The molecule has 2 aliphatic heterocycles. The zero-order valence-corrected chi connectivity index (χ0v) is 11.1. The van der Waals surface area contributed by atoms with E-state index >= 15 is 0 Å². The molecule has 3 aliphatic rings. The fourth-order valence-corrected chi connectivity index (χ4v) is 3.97. The molecule has 2 saturated heterocycles. The van der Waals surface area contributed by atoms with Crippen molar-refractivity contribution in [3.8, 4) is 0 Å². The Hall–Kier alpha value is -0.120. The zero-order valence-electron chi connectivity index (χ0n) is 11.1. The normalized spacial score (nSPS) is 44.3. The second kappa shape index (κ2) is 4.87. The molecule has 1 atom stereocenters. The Morgan fingerprint density at radius 3 is 2.88 bits per heavy atom. The van der Waals surface area contributed by atoms with E-state index in [1.807, 2.05) is 0 Å². The summed E-state index contributed by atoms with van der Waals surface area (Å²) in [6.45, 7) is 7.83. The van der Waals surface area contributed by atoms with Crippen molar-refractivity contribution in [2.45, 2.75) is 50.6 Å². The lowest BCUT2D eigenvalue weighted by Crippen LogP contribution is -2.61. The summed E-state index contributed by atoms with van der Waals surface area (Å²) < 4.78 is 5.68. The summed E-state index contributed by atoms with van der Waals surface area (Å²) in [5, 5.41) is 3.68. The Bertz CT molecular complexity index is 261. The quantitative estimate of drug-likeness (QED) is 0.694. The maximum Gasteiger partial charge on any atom is 0.0623 e. The molecule has 3 heteroatoms. The van der Waals surface area contributed by atoms with Crippen LogP contribution in [0.4, 0.5) is 0 Å². The summed E-state index contributed by atoms with van der Waals surface area (Å²) in [5.41, 5.74) is 0.456. The van der Waals surface area contributed by atoms with Crippen LogP contribution in [0.1, 0.15) is 39.0 Å². The molecule has 0 radical (unpaired) electrons. The summed E-state index contributed by atoms with van der Waals surface area (Å²) in [7, 11) is 0. The maximum atomic E-state index is 5.68. The third-order valence-electron chi connectivity index (χ3n) is 5.15. The number of nitrogens with one attached hydrogen (secondary N) is 1. The Balaban J connectivity index is 1.79. The number of rotatable bonds is 0. The minimum Gasteiger partial charge on any atom is -0.378 e. The molecule has 1 unspecified atom stereocenters. The highest BCUT2D eigenvalue weighted by atomic mass is 16.5. The third-order valence-corrected chi connectivity index (χ3v) is 5.15. The van der Waals surface area contributed by atoms with Crippen molar-refractivity contribution >= 4 is 0 Å². The van der Waals surface area contributed by atoms with E-state index in [0.717, 1.165) is 25.7 Å². The Morgan fingerprint density at radius 1 is 1.24 bits per heavy atom. The Labute approximate surface area is 105 Å². The summed E-state index contributed by atoms with van der Waals surface area (Å²) in [5.74, 6) is 0.934. The van der Waals surface area contributed by atoms with Gasteiger partial charge in [-0.05, 0) is 44.6 Å². The molecule has 3 rings (SSSR count). The van der Waals surface area contributed by atoms with Gasteiger partial charge < -0.3 is 10.1 Å². The van der Waals surface area contributed by atoms with Crippen molar-refractivity contribution in [2.75, 3.05) is 32.8 Å². The van der Waals surface area contributed by atoms with E-state index in [-0.39, 0.29) is 0 Å². The number of nitrogens with zero attached hydrogens (tertiary/aromatic N) is 1. The molecule has 1 spiro atoms. The van der Waals surface area contributed by atoms with E-state index < -0.39 is 0 Å². The second-order valence-corrected chi connectivity index (χ2v) is 6.29. The van der Waals surface area contributed by atoms with Crippen molar-refractivity contribution < 1.29 is 4.74 Å². The molecule has 0 aromatic carbocycles. The average molecular weight is 238 g/mol. The van der Waals surface area contributed by atoms with Gasteiger partial charge in [0.25, 0.3) is 0 Å². The molecule has 17 heavy (non-hydrogen) atoms. The van der Waals surface area contributed by atoms with E-state index in [2.05, 4.69) is 17.1 Å². The van der Waals surface area contributed by atoms with Crippen molar-refractivity contribution in [2.24, 2.45) is 5.92 Å². The molecular formula is C14H26N2O. The fourth-order valence-electron chi connectivity index (χ4n) is 3.97. The molecule has 0 amide bonds. The first-order valence-corrected chi connectivity index (χ1v) is 7.35. The zero-order chi connectivity index (χ0) is 11.7. The van der Waals surface area contributed by atoms with E-state index in [1.54, 1.807) is 0 Å². The standard InChI is InChI=1S/C14H26N2O/c1-12-2-5-14(6-3-12)11-15-7-4-13-10-17-9-8-16(13)14/h12-13,15H,2-11H2,1H3. The molecular weight excluding hydrogens is 212 g/mol. The van der Waals surface area contributed by atoms with Crippen LogP contribution >= 0.6 is 0 Å². The molecule has 1 N–H and O–H groups in total. The van der Waals surface area contributed by atoms with Crippen LogP contribution in [0.2, 0.25) is 0 Å². The van der Waals surface area contributed by atoms with Gasteiger partial charge in [0.2, 0.25) is 0 Å². The molecule has 1 aliphatic carbocycles. The summed E-state index contributed by atoms with van der Waals surface area (Å²) in [6, 6.07) is 0.673. The Morgan fingerprint density at radius 2 is 2.06 bits per heavy atom. The van der Waals surface area contributed by atoms with Gasteiger partial charge >= 0.3 is 0 Å². The smallest absolute Gasteiger partial charge is 0.0623 e. The van der Waals surface area contributed by atoms with Gasteiger partial charge in [-0.2, -0.15) is 0 Å². The van der Waals surface area contributed by atoms with Crippen LogP contribution in [0.3, 0.4) is 0 Å². The lowest BCUT2D eigenvalue weighted by atomic mass is 9.75. The molecule has 0 bridgehead atoms. The largest absolute Gasteiger partial charge is 0.378 e. The minimum absolute atomic E-state index is 0.456. The van der Waals surface area contributed by atoms with Gasteiger partial charge in [0.15, 0.2) is 0 Å². The van der Waals surface area contributed by atoms with Crippen molar-refractivity contribution in [1.29, 1.82) is 0 Å². The van der Waals surface area contributed by atoms with Gasteiger partial charge in [-0.1, -0.05) is 6.92 Å². The highest BCUT2D eigenvalue weighted by Crippen LogP contribution is 2.39. The van der Waals surface area contributed by atoms with Crippen LogP contribution < -0.4 is 5.32 Å². The van der Waals surface area contributed by atoms with E-state index in [9.17, 15) is 0 Å². The van der Waals surface area contributed by atoms with E-state index in [1.165, 1.54) is 45.2 Å². The Kier molecular flexibility index (Phi) is 3.42. The predicted molar refractivity (Wildman–Crippen MR) is 69.2 cm³/mol. The summed E-state index contributed by atoms with van der Waals surface area (Å²) >= 11 is 0. The van der Waals surface area contributed by atoms with Gasteiger partial charge in [-0.3, -0.25) is 4.90 Å². The first kappa shape index (κ1) is 11.9. The van der Waals surface area contributed by atoms with Crippen molar-refractivity contribution in [1.82, 2.24) is 10.2 Å². The van der Waals surface area contributed by atoms with Crippen molar-refractivity contribution in [3.05, 3.63) is 0 Å².